The minimum absolute atomic E-state index is 0. The summed E-state index contributed by atoms with van der Waals surface area (Å²) in [4.78, 5) is 0. The average Bonchev–Trinajstić information content (AvgIpc) is 2.34. The van der Waals surface area contributed by atoms with Crippen LogP contribution in [0.3, 0.4) is 0 Å². The molecule has 19 heavy (non-hydrogen) atoms. The minimum Gasteiger partial charge on any atom is -0.507 e. The van der Waals surface area contributed by atoms with Gasteiger partial charge in [0.1, 0.15) is 17.2 Å². The number of phenols is 1. The molecule has 0 unspecified atom stereocenters. The number of phenolic OH excluding ortho intramolecular Hbond substituents is 1. The fourth-order valence-electron chi connectivity index (χ4n) is 1.90. The molecule has 0 aromatic heterocycles. The van der Waals surface area contributed by atoms with Gasteiger partial charge in [-0.05, 0) is 18.8 Å². The van der Waals surface area contributed by atoms with Crippen molar-refractivity contribution < 1.29 is 14.6 Å². The van der Waals surface area contributed by atoms with E-state index in [4.69, 9.17) is 15.2 Å². The van der Waals surface area contributed by atoms with Crippen LogP contribution in [-0.4, -0.2) is 19.3 Å². The van der Waals surface area contributed by atoms with Crippen molar-refractivity contribution in [3.05, 3.63) is 17.7 Å². The molecule has 1 atom stereocenters. The molecule has 0 heterocycles. The van der Waals surface area contributed by atoms with E-state index >= 15 is 0 Å². The lowest BCUT2D eigenvalue weighted by atomic mass is 9.97. The van der Waals surface area contributed by atoms with Gasteiger partial charge in [-0.15, -0.1) is 12.4 Å². The molecular weight excluding hydrogens is 266 g/mol. The Kier molecular flexibility index (Phi) is 7.64. The lowest BCUT2D eigenvalue weighted by Gasteiger charge is -2.19. The lowest BCUT2D eigenvalue weighted by molar-refractivity contribution is 0.371. The molecule has 1 aromatic rings. The Morgan fingerprint density at radius 1 is 1.16 bits per heavy atom. The predicted molar refractivity (Wildman–Crippen MR) is 79.5 cm³/mol. The quantitative estimate of drug-likeness (QED) is 0.843. The van der Waals surface area contributed by atoms with E-state index in [0.29, 0.717) is 23.0 Å². The van der Waals surface area contributed by atoms with E-state index in [1.165, 1.54) is 0 Å². The van der Waals surface area contributed by atoms with E-state index < -0.39 is 0 Å². The molecule has 3 N–H and O–H groups in total. The molecule has 0 saturated heterocycles. The number of rotatable bonds is 6. The SMILES string of the molecule is COc1cc(O)c([C@H](N)CCC(C)C)c(OC)c1.Cl. The Balaban J connectivity index is 0.00000324. The third kappa shape index (κ3) is 4.80. The number of hydrogen-bond donors (Lipinski definition) is 2. The Morgan fingerprint density at radius 3 is 2.26 bits per heavy atom. The number of nitrogens with two attached hydrogens (primary N) is 1. The Labute approximate surface area is 121 Å². The maximum Gasteiger partial charge on any atom is 0.131 e. The second-order valence-corrected chi connectivity index (χ2v) is 4.84. The highest BCUT2D eigenvalue weighted by Gasteiger charge is 2.18. The van der Waals surface area contributed by atoms with Crippen molar-refractivity contribution in [1.82, 2.24) is 0 Å². The number of methoxy groups -OCH3 is 2. The summed E-state index contributed by atoms with van der Waals surface area (Å²) in [5.41, 5.74) is 6.78. The highest BCUT2D eigenvalue weighted by molar-refractivity contribution is 5.85. The molecule has 0 aliphatic heterocycles. The van der Waals surface area contributed by atoms with Gasteiger partial charge in [0.15, 0.2) is 0 Å². The van der Waals surface area contributed by atoms with Crippen LogP contribution in [0, 0.1) is 5.92 Å². The van der Waals surface area contributed by atoms with Crippen molar-refractivity contribution >= 4 is 12.4 Å². The van der Waals surface area contributed by atoms with Crippen LogP contribution >= 0.6 is 12.4 Å². The fraction of sp³-hybridized carbons (Fsp3) is 0.571. The summed E-state index contributed by atoms with van der Waals surface area (Å²) in [6, 6.07) is 3.07. The van der Waals surface area contributed by atoms with E-state index in [-0.39, 0.29) is 24.2 Å². The summed E-state index contributed by atoms with van der Waals surface area (Å²) >= 11 is 0. The van der Waals surface area contributed by atoms with Crippen molar-refractivity contribution in [3.63, 3.8) is 0 Å². The van der Waals surface area contributed by atoms with Gasteiger partial charge in [0, 0.05) is 18.2 Å². The van der Waals surface area contributed by atoms with Gasteiger partial charge in [-0.25, -0.2) is 0 Å². The van der Waals surface area contributed by atoms with Gasteiger partial charge < -0.3 is 20.3 Å². The molecule has 0 amide bonds. The molecular formula is C14H24ClNO3. The van der Waals surface area contributed by atoms with Crippen molar-refractivity contribution in [3.8, 4) is 17.2 Å². The van der Waals surface area contributed by atoms with Crippen LogP contribution in [0.15, 0.2) is 12.1 Å². The van der Waals surface area contributed by atoms with Gasteiger partial charge in [0.2, 0.25) is 0 Å². The van der Waals surface area contributed by atoms with Gasteiger partial charge in [0.25, 0.3) is 0 Å². The zero-order chi connectivity index (χ0) is 13.7. The average molecular weight is 290 g/mol. The number of halogens is 1. The number of benzene rings is 1. The maximum atomic E-state index is 10.0. The summed E-state index contributed by atoms with van der Waals surface area (Å²) in [5.74, 6) is 1.84. The van der Waals surface area contributed by atoms with Crippen LogP contribution < -0.4 is 15.2 Å². The summed E-state index contributed by atoms with van der Waals surface area (Å²) in [6.07, 6.45) is 1.82. The number of aromatic hydroxyl groups is 1. The summed E-state index contributed by atoms with van der Waals surface area (Å²) in [6.45, 7) is 4.30. The zero-order valence-electron chi connectivity index (χ0n) is 12.0. The second-order valence-electron chi connectivity index (χ2n) is 4.84. The predicted octanol–water partition coefficient (Wildman–Crippen LogP) is 3.27. The monoisotopic (exact) mass is 289 g/mol. The van der Waals surface area contributed by atoms with E-state index in [0.717, 1.165) is 12.8 Å². The molecule has 4 nitrogen and oxygen atoms in total. The third-order valence-corrected chi connectivity index (χ3v) is 2.98. The summed E-state index contributed by atoms with van der Waals surface area (Å²) in [5, 5.41) is 10.0. The van der Waals surface area contributed by atoms with Crippen molar-refractivity contribution in [2.24, 2.45) is 11.7 Å². The zero-order valence-corrected chi connectivity index (χ0v) is 12.8. The topological polar surface area (TPSA) is 64.7 Å². The van der Waals surface area contributed by atoms with Crippen LogP contribution in [0.4, 0.5) is 0 Å². The molecule has 0 radical (unpaired) electrons. The van der Waals surface area contributed by atoms with E-state index in [2.05, 4.69) is 13.8 Å². The van der Waals surface area contributed by atoms with E-state index in [1.54, 1.807) is 26.4 Å². The fourth-order valence-corrected chi connectivity index (χ4v) is 1.90. The Morgan fingerprint density at radius 2 is 1.79 bits per heavy atom. The molecule has 110 valence electrons. The highest BCUT2D eigenvalue weighted by atomic mass is 35.5. The van der Waals surface area contributed by atoms with Crippen LogP contribution in [-0.2, 0) is 0 Å². The van der Waals surface area contributed by atoms with Crippen LogP contribution in [0.1, 0.15) is 38.3 Å². The third-order valence-electron chi connectivity index (χ3n) is 2.98. The van der Waals surface area contributed by atoms with Crippen LogP contribution in [0.2, 0.25) is 0 Å². The first-order valence-electron chi connectivity index (χ1n) is 6.20. The van der Waals surface area contributed by atoms with Gasteiger partial charge in [0.05, 0.1) is 19.8 Å². The van der Waals surface area contributed by atoms with Crippen molar-refractivity contribution in [1.29, 1.82) is 0 Å². The smallest absolute Gasteiger partial charge is 0.131 e. The largest absolute Gasteiger partial charge is 0.507 e. The summed E-state index contributed by atoms with van der Waals surface area (Å²) in [7, 11) is 3.11. The molecule has 1 aromatic carbocycles. The molecule has 5 heteroatoms. The van der Waals surface area contributed by atoms with E-state index in [1.807, 2.05) is 0 Å². The number of hydrogen-bond acceptors (Lipinski definition) is 4. The Hall–Kier alpha value is -1.13. The first-order chi connectivity index (χ1) is 8.49. The highest BCUT2D eigenvalue weighted by Crippen LogP contribution is 2.38. The van der Waals surface area contributed by atoms with Crippen molar-refractivity contribution in [2.75, 3.05) is 14.2 Å². The molecule has 0 saturated carbocycles. The number of ether oxygens (including phenoxy) is 2. The second kappa shape index (κ2) is 8.12. The standard InChI is InChI=1S/C14H23NO3.ClH/c1-9(2)5-6-11(15)14-12(16)7-10(17-3)8-13(14)18-4;/h7-9,11,16H,5-6,15H2,1-4H3;1H/t11-;/m1./s1. The molecule has 0 spiro atoms. The van der Waals surface area contributed by atoms with Crippen LogP contribution in [0.25, 0.3) is 0 Å². The first kappa shape index (κ1) is 17.9. The normalized spacial score (nSPS) is 11.9. The molecule has 0 aliphatic rings. The molecule has 0 fully saturated rings. The molecule has 0 aliphatic carbocycles. The van der Waals surface area contributed by atoms with Crippen molar-refractivity contribution in [2.45, 2.75) is 32.7 Å². The lowest BCUT2D eigenvalue weighted by Crippen LogP contribution is -2.13. The van der Waals surface area contributed by atoms with Gasteiger partial charge in [-0.2, -0.15) is 0 Å². The first-order valence-corrected chi connectivity index (χ1v) is 6.20. The van der Waals surface area contributed by atoms with Gasteiger partial charge >= 0.3 is 0 Å². The van der Waals surface area contributed by atoms with E-state index in [9.17, 15) is 5.11 Å². The minimum atomic E-state index is -0.228. The van der Waals surface area contributed by atoms with Crippen LogP contribution in [0.5, 0.6) is 17.2 Å². The molecule has 1 rings (SSSR count). The maximum absolute atomic E-state index is 10.0. The Bertz CT molecular complexity index is 397. The van der Waals surface area contributed by atoms with Gasteiger partial charge in [-0.3, -0.25) is 0 Å². The van der Waals surface area contributed by atoms with Gasteiger partial charge in [-0.1, -0.05) is 13.8 Å². The molecule has 0 bridgehead atoms. The summed E-state index contributed by atoms with van der Waals surface area (Å²) < 4.78 is 10.4.